The van der Waals surface area contributed by atoms with E-state index in [0.717, 1.165) is 17.1 Å². The highest BCUT2D eigenvalue weighted by molar-refractivity contribution is 6.33. The normalized spacial score (nSPS) is 16.7. The molecule has 0 bridgehead atoms. The Balaban J connectivity index is 2.09. The Morgan fingerprint density at radius 3 is 2.61 bits per heavy atom. The molecule has 0 aromatic heterocycles. The summed E-state index contributed by atoms with van der Waals surface area (Å²) in [6.45, 7) is 1.66. The number of rotatable bonds is 5. The molecule has 0 saturated heterocycles. The van der Waals surface area contributed by atoms with E-state index in [4.69, 9.17) is 23.2 Å². The zero-order chi connectivity index (χ0) is 13.0. The third kappa shape index (κ3) is 3.61. The summed E-state index contributed by atoms with van der Waals surface area (Å²) in [5.74, 6) is 0. The average molecular weight is 288 g/mol. The Labute approximate surface area is 119 Å². The van der Waals surface area contributed by atoms with E-state index < -0.39 is 0 Å². The molecule has 100 valence electrons. The number of halogens is 2. The number of hydrogen-bond acceptors (Lipinski definition) is 2. The van der Waals surface area contributed by atoms with Gasteiger partial charge in [0, 0.05) is 29.2 Å². The predicted octanol–water partition coefficient (Wildman–Crippen LogP) is 3.73. The first-order chi connectivity index (χ1) is 8.70. The van der Waals surface area contributed by atoms with Crippen LogP contribution in [0.2, 0.25) is 10.0 Å². The number of aliphatic hydroxyl groups excluding tert-OH is 1. The molecule has 1 fully saturated rings. The largest absolute Gasteiger partial charge is 0.395 e. The van der Waals surface area contributed by atoms with Crippen LogP contribution in [0.1, 0.15) is 31.2 Å². The maximum absolute atomic E-state index is 9.20. The molecular weight excluding hydrogens is 269 g/mol. The molecule has 2 rings (SSSR count). The van der Waals surface area contributed by atoms with Crippen LogP contribution in [-0.2, 0) is 6.54 Å². The van der Waals surface area contributed by atoms with E-state index in [0.29, 0.717) is 17.6 Å². The van der Waals surface area contributed by atoms with Crippen molar-refractivity contribution in [2.24, 2.45) is 0 Å². The van der Waals surface area contributed by atoms with Gasteiger partial charge in [0.2, 0.25) is 0 Å². The molecule has 0 atom stereocenters. The molecule has 1 aliphatic carbocycles. The molecule has 0 aliphatic heterocycles. The molecule has 18 heavy (non-hydrogen) atoms. The number of aliphatic hydroxyl groups is 1. The zero-order valence-corrected chi connectivity index (χ0v) is 11.9. The van der Waals surface area contributed by atoms with Crippen molar-refractivity contribution in [1.29, 1.82) is 0 Å². The smallest absolute Gasteiger partial charge is 0.0558 e. The standard InChI is InChI=1S/C14H19Cl2NO/c15-12-5-6-14(16)11(9-12)10-17(7-8-18)13-3-1-2-4-13/h5-6,9,13,18H,1-4,7-8,10H2. The molecule has 0 amide bonds. The quantitative estimate of drug-likeness (QED) is 0.892. The van der Waals surface area contributed by atoms with E-state index in [1.54, 1.807) is 6.07 Å². The summed E-state index contributed by atoms with van der Waals surface area (Å²) < 4.78 is 0. The lowest BCUT2D eigenvalue weighted by Crippen LogP contribution is -2.35. The van der Waals surface area contributed by atoms with Crippen LogP contribution in [-0.4, -0.2) is 29.2 Å². The van der Waals surface area contributed by atoms with Crippen LogP contribution in [0.15, 0.2) is 18.2 Å². The third-order valence-electron chi connectivity index (χ3n) is 3.61. The van der Waals surface area contributed by atoms with Gasteiger partial charge in [-0.2, -0.15) is 0 Å². The first-order valence-electron chi connectivity index (χ1n) is 6.49. The molecule has 2 nitrogen and oxygen atoms in total. The van der Waals surface area contributed by atoms with E-state index in [2.05, 4.69) is 4.90 Å². The Morgan fingerprint density at radius 1 is 1.22 bits per heavy atom. The van der Waals surface area contributed by atoms with Crippen molar-refractivity contribution in [2.75, 3.05) is 13.2 Å². The van der Waals surface area contributed by atoms with E-state index in [9.17, 15) is 5.11 Å². The van der Waals surface area contributed by atoms with Gasteiger partial charge in [-0.3, -0.25) is 4.90 Å². The summed E-state index contributed by atoms with van der Waals surface area (Å²) in [5.41, 5.74) is 1.05. The van der Waals surface area contributed by atoms with Gasteiger partial charge in [0.1, 0.15) is 0 Å². The Hall–Kier alpha value is -0.280. The highest BCUT2D eigenvalue weighted by Crippen LogP contribution is 2.27. The van der Waals surface area contributed by atoms with E-state index >= 15 is 0 Å². The van der Waals surface area contributed by atoms with E-state index in [1.165, 1.54) is 25.7 Å². The van der Waals surface area contributed by atoms with Crippen LogP contribution in [0.4, 0.5) is 0 Å². The first-order valence-corrected chi connectivity index (χ1v) is 7.25. The van der Waals surface area contributed by atoms with Gasteiger partial charge in [0.15, 0.2) is 0 Å². The summed E-state index contributed by atoms with van der Waals surface area (Å²) in [6.07, 6.45) is 5.02. The molecule has 0 radical (unpaired) electrons. The molecule has 1 saturated carbocycles. The maximum atomic E-state index is 9.20. The van der Waals surface area contributed by atoms with Crippen molar-refractivity contribution in [3.63, 3.8) is 0 Å². The van der Waals surface area contributed by atoms with Crippen LogP contribution in [0.3, 0.4) is 0 Å². The van der Waals surface area contributed by atoms with Crippen molar-refractivity contribution in [2.45, 2.75) is 38.3 Å². The van der Waals surface area contributed by atoms with Gasteiger partial charge in [0.25, 0.3) is 0 Å². The summed E-state index contributed by atoms with van der Waals surface area (Å²) in [7, 11) is 0. The minimum absolute atomic E-state index is 0.189. The van der Waals surface area contributed by atoms with Crippen LogP contribution in [0.5, 0.6) is 0 Å². The van der Waals surface area contributed by atoms with Gasteiger partial charge in [-0.15, -0.1) is 0 Å². The minimum atomic E-state index is 0.189. The van der Waals surface area contributed by atoms with Crippen LogP contribution < -0.4 is 0 Å². The SMILES string of the molecule is OCCN(Cc1cc(Cl)ccc1Cl)C1CCCC1. The lowest BCUT2D eigenvalue weighted by atomic mass is 10.1. The monoisotopic (exact) mass is 287 g/mol. The van der Waals surface area contributed by atoms with Crippen molar-refractivity contribution in [1.82, 2.24) is 4.90 Å². The highest BCUT2D eigenvalue weighted by Gasteiger charge is 2.22. The molecule has 4 heteroatoms. The molecular formula is C14H19Cl2NO. The second kappa shape index (κ2) is 6.76. The summed E-state index contributed by atoms with van der Waals surface area (Å²) in [5, 5.41) is 10.7. The van der Waals surface area contributed by atoms with E-state index in [-0.39, 0.29) is 6.61 Å². The fourth-order valence-electron chi connectivity index (χ4n) is 2.67. The minimum Gasteiger partial charge on any atom is -0.395 e. The fourth-order valence-corrected chi connectivity index (χ4v) is 3.04. The second-order valence-corrected chi connectivity index (χ2v) is 5.71. The average Bonchev–Trinajstić information content (AvgIpc) is 2.87. The predicted molar refractivity (Wildman–Crippen MR) is 76.2 cm³/mol. The van der Waals surface area contributed by atoms with Gasteiger partial charge < -0.3 is 5.11 Å². The summed E-state index contributed by atoms with van der Waals surface area (Å²) in [4.78, 5) is 2.32. The van der Waals surface area contributed by atoms with Crippen LogP contribution in [0.25, 0.3) is 0 Å². The second-order valence-electron chi connectivity index (χ2n) is 4.87. The molecule has 0 spiro atoms. The first kappa shape index (κ1) is 14.1. The van der Waals surface area contributed by atoms with Gasteiger partial charge in [-0.05, 0) is 36.6 Å². The Kier molecular flexibility index (Phi) is 5.31. The van der Waals surface area contributed by atoms with E-state index in [1.807, 2.05) is 12.1 Å². The summed E-state index contributed by atoms with van der Waals surface area (Å²) in [6, 6.07) is 6.14. The maximum Gasteiger partial charge on any atom is 0.0558 e. The van der Waals surface area contributed by atoms with Crippen molar-refractivity contribution in [3.05, 3.63) is 33.8 Å². The van der Waals surface area contributed by atoms with Crippen molar-refractivity contribution >= 4 is 23.2 Å². The molecule has 0 unspecified atom stereocenters. The zero-order valence-electron chi connectivity index (χ0n) is 10.4. The van der Waals surface area contributed by atoms with Crippen LogP contribution >= 0.6 is 23.2 Å². The number of nitrogens with zero attached hydrogens (tertiary/aromatic N) is 1. The number of benzene rings is 1. The van der Waals surface area contributed by atoms with Gasteiger partial charge in [-0.1, -0.05) is 36.0 Å². The van der Waals surface area contributed by atoms with Gasteiger partial charge in [-0.25, -0.2) is 0 Å². The van der Waals surface area contributed by atoms with Crippen LogP contribution in [0, 0.1) is 0 Å². The third-order valence-corrected chi connectivity index (χ3v) is 4.21. The fraction of sp³-hybridized carbons (Fsp3) is 0.571. The summed E-state index contributed by atoms with van der Waals surface area (Å²) >= 11 is 12.2. The highest BCUT2D eigenvalue weighted by atomic mass is 35.5. The molecule has 1 aromatic carbocycles. The topological polar surface area (TPSA) is 23.5 Å². The van der Waals surface area contributed by atoms with Crippen molar-refractivity contribution in [3.8, 4) is 0 Å². The molecule has 1 aliphatic rings. The molecule has 0 heterocycles. The lowest BCUT2D eigenvalue weighted by molar-refractivity contribution is 0.145. The molecule has 1 aromatic rings. The van der Waals surface area contributed by atoms with Crippen molar-refractivity contribution < 1.29 is 5.11 Å². The number of hydrogen-bond donors (Lipinski definition) is 1. The van der Waals surface area contributed by atoms with Gasteiger partial charge >= 0.3 is 0 Å². The molecule has 1 N–H and O–H groups in total. The van der Waals surface area contributed by atoms with Gasteiger partial charge in [0.05, 0.1) is 6.61 Å². The lowest BCUT2D eigenvalue weighted by Gasteiger charge is -2.28. The Bertz CT molecular complexity index is 391. The Morgan fingerprint density at radius 2 is 1.94 bits per heavy atom.